The maximum atomic E-state index is 11.8. The largest absolute Gasteiger partial charge is 0.383 e. The smallest absolute Gasteiger partial charge is 0.268 e. The Bertz CT molecular complexity index is 990. The number of methoxy groups -OCH3 is 1. The first-order valence-electron chi connectivity index (χ1n) is 8.85. The highest BCUT2D eigenvalue weighted by molar-refractivity contribution is 5.83. The van der Waals surface area contributed by atoms with Gasteiger partial charge in [0.25, 0.3) is 5.56 Å². The SMILES string of the molecule is COCCn1cnc2c(N3CCN(c4cnn(C)c(=O)c4)CC3)ncnc21. The molecule has 0 amide bonds. The molecule has 142 valence electrons. The number of fused-ring (bicyclic) bond motifs is 1. The van der Waals surface area contributed by atoms with Crippen LogP contribution in [0.3, 0.4) is 0 Å². The Balaban J connectivity index is 1.52. The summed E-state index contributed by atoms with van der Waals surface area (Å²) in [6.45, 7) is 4.44. The summed E-state index contributed by atoms with van der Waals surface area (Å²) in [5.74, 6) is 0.845. The molecule has 0 saturated carbocycles. The lowest BCUT2D eigenvalue weighted by Gasteiger charge is -2.36. The summed E-state index contributed by atoms with van der Waals surface area (Å²) < 4.78 is 8.45. The van der Waals surface area contributed by atoms with Crippen LogP contribution >= 0.6 is 0 Å². The van der Waals surface area contributed by atoms with Crippen LogP contribution in [0.5, 0.6) is 0 Å². The second-order valence-corrected chi connectivity index (χ2v) is 6.45. The van der Waals surface area contributed by atoms with Gasteiger partial charge in [0.15, 0.2) is 17.0 Å². The Hall–Kier alpha value is -3.01. The third-order valence-electron chi connectivity index (χ3n) is 4.82. The summed E-state index contributed by atoms with van der Waals surface area (Å²) >= 11 is 0. The second kappa shape index (κ2) is 7.31. The van der Waals surface area contributed by atoms with Crippen molar-refractivity contribution in [3.05, 3.63) is 35.3 Å². The van der Waals surface area contributed by atoms with Crippen LogP contribution in [0, 0.1) is 0 Å². The van der Waals surface area contributed by atoms with Crippen molar-refractivity contribution in [1.82, 2.24) is 29.3 Å². The number of aromatic nitrogens is 6. The Labute approximate surface area is 156 Å². The molecule has 0 spiro atoms. The van der Waals surface area contributed by atoms with Crippen molar-refractivity contribution >= 4 is 22.7 Å². The quantitative estimate of drug-likeness (QED) is 0.614. The number of ether oxygens (including phenoxy) is 1. The molecule has 4 heterocycles. The molecule has 0 atom stereocenters. The summed E-state index contributed by atoms with van der Waals surface area (Å²) in [5.41, 5.74) is 2.37. The summed E-state index contributed by atoms with van der Waals surface area (Å²) in [7, 11) is 3.33. The Morgan fingerprint density at radius 1 is 1.11 bits per heavy atom. The summed E-state index contributed by atoms with van der Waals surface area (Å²) in [5, 5.41) is 4.10. The summed E-state index contributed by atoms with van der Waals surface area (Å²) in [4.78, 5) is 29.6. The molecule has 1 fully saturated rings. The molecule has 27 heavy (non-hydrogen) atoms. The zero-order valence-corrected chi connectivity index (χ0v) is 15.4. The van der Waals surface area contributed by atoms with Gasteiger partial charge in [-0.3, -0.25) is 4.79 Å². The highest BCUT2D eigenvalue weighted by Gasteiger charge is 2.22. The molecule has 0 unspecified atom stereocenters. The standard InChI is InChI=1S/C17H22N8O2/c1-22-14(26)9-13(10-21-22)23-3-5-24(6-4-23)16-15-17(19-11-18-16)25(12-20-15)7-8-27-2/h9-12H,3-8H2,1-2H3. The maximum Gasteiger partial charge on any atom is 0.268 e. The second-order valence-electron chi connectivity index (χ2n) is 6.45. The fraction of sp³-hybridized carbons (Fsp3) is 0.471. The molecule has 10 nitrogen and oxygen atoms in total. The van der Waals surface area contributed by atoms with Gasteiger partial charge in [-0.2, -0.15) is 5.10 Å². The topological polar surface area (TPSA) is 94.2 Å². The van der Waals surface area contributed by atoms with E-state index in [1.165, 1.54) is 4.68 Å². The van der Waals surface area contributed by atoms with Crippen molar-refractivity contribution in [2.24, 2.45) is 7.05 Å². The van der Waals surface area contributed by atoms with Crippen molar-refractivity contribution in [3.8, 4) is 0 Å². The Morgan fingerprint density at radius 3 is 2.63 bits per heavy atom. The van der Waals surface area contributed by atoms with Crippen LogP contribution in [0.1, 0.15) is 0 Å². The van der Waals surface area contributed by atoms with Gasteiger partial charge in [0.05, 0.1) is 24.8 Å². The molecule has 0 bridgehead atoms. The van der Waals surface area contributed by atoms with E-state index in [-0.39, 0.29) is 5.56 Å². The maximum absolute atomic E-state index is 11.8. The van der Waals surface area contributed by atoms with Crippen LogP contribution in [-0.2, 0) is 18.3 Å². The molecule has 0 N–H and O–H groups in total. The zero-order valence-electron chi connectivity index (χ0n) is 15.4. The minimum atomic E-state index is -0.103. The average molecular weight is 370 g/mol. The van der Waals surface area contributed by atoms with Gasteiger partial charge in [-0.05, 0) is 0 Å². The predicted molar refractivity (Wildman–Crippen MR) is 101 cm³/mol. The molecule has 1 aliphatic rings. The van der Waals surface area contributed by atoms with Crippen molar-refractivity contribution in [3.63, 3.8) is 0 Å². The van der Waals surface area contributed by atoms with Gasteiger partial charge in [-0.15, -0.1) is 0 Å². The number of hydrogen-bond acceptors (Lipinski definition) is 8. The lowest BCUT2D eigenvalue weighted by Crippen LogP contribution is -2.47. The number of rotatable bonds is 5. The molecule has 3 aromatic rings. The number of hydrogen-bond donors (Lipinski definition) is 0. The van der Waals surface area contributed by atoms with Crippen molar-refractivity contribution in [1.29, 1.82) is 0 Å². The van der Waals surface area contributed by atoms with Gasteiger partial charge in [-0.25, -0.2) is 19.6 Å². The van der Waals surface area contributed by atoms with E-state index in [9.17, 15) is 4.79 Å². The molecule has 1 aliphatic heterocycles. The minimum absolute atomic E-state index is 0.103. The molecule has 0 aromatic carbocycles. The number of aryl methyl sites for hydroxylation is 1. The van der Waals surface area contributed by atoms with E-state index in [1.54, 1.807) is 39.1 Å². The van der Waals surface area contributed by atoms with E-state index >= 15 is 0 Å². The minimum Gasteiger partial charge on any atom is -0.383 e. The number of piperazine rings is 1. The van der Waals surface area contributed by atoms with Crippen LogP contribution < -0.4 is 15.4 Å². The number of imidazole rings is 1. The van der Waals surface area contributed by atoms with Crippen molar-refractivity contribution in [2.45, 2.75) is 6.54 Å². The van der Waals surface area contributed by atoms with E-state index in [4.69, 9.17) is 4.74 Å². The highest BCUT2D eigenvalue weighted by atomic mass is 16.5. The molecule has 4 rings (SSSR count). The van der Waals surface area contributed by atoms with E-state index in [2.05, 4.69) is 29.9 Å². The van der Waals surface area contributed by atoms with Gasteiger partial charge < -0.3 is 19.1 Å². The fourth-order valence-corrected chi connectivity index (χ4v) is 3.26. The van der Waals surface area contributed by atoms with Gasteiger partial charge in [-0.1, -0.05) is 0 Å². The van der Waals surface area contributed by atoms with Gasteiger partial charge in [0.1, 0.15) is 6.33 Å². The molecular weight excluding hydrogens is 348 g/mol. The molecule has 0 radical (unpaired) electrons. The van der Waals surface area contributed by atoms with E-state index in [0.717, 1.165) is 48.8 Å². The van der Waals surface area contributed by atoms with E-state index in [0.29, 0.717) is 13.2 Å². The number of nitrogens with zero attached hydrogens (tertiary/aromatic N) is 8. The lowest BCUT2D eigenvalue weighted by atomic mass is 10.2. The van der Waals surface area contributed by atoms with Crippen LogP contribution in [0.15, 0.2) is 29.7 Å². The predicted octanol–water partition coefficient (Wildman–Crippen LogP) is -0.107. The number of anilines is 2. The fourth-order valence-electron chi connectivity index (χ4n) is 3.26. The van der Waals surface area contributed by atoms with Crippen molar-refractivity contribution < 1.29 is 4.74 Å². The average Bonchev–Trinajstić information content (AvgIpc) is 3.12. The lowest BCUT2D eigenvalue weighted by molar-refractivity contribution is 0.188. The zero-order chi connectivity index (χ0) is 18.8. The first kappa shape index (κ1) is 17.4. The van der Waals surface area contributed by atoms with Crippen molar-refractivity contribution in [2.75, 3.05) is 49.7 Å². The monoisotopic (exact) mass is 370 g/mol. The van der Waals surface area contributed by atoms with Crippen LogP contribution in [-0.4, -0.2) is 69.2 Å². The normalized spacial score (nSPS) is 14.9. The molecule has 0 aliphatic carbocycles. The molecule has 1 saturated heterocycles. The van der Waals surface area contributed by atoms with Crippen LogP contribution in [0.4, 0.5) is 11.5 Å². The molecule has 10 heteroatoms. The third kappa shape index (κ3) is 3.35. The third-order valence-corrected chi connectivity index (χ3v) is 4.82. The van der Waals surface area contributed by atoms with Gasteiger partial charge >= 0.3 is 0 Å². The first-order chi connectivity index (χ1) is 13.2. The van der Waals surface area contributed by atoms with E-state index < -0.39 is 0 Å². The summed E-state index contributed by atoms with van der Waals surface area (Å²) in [6.07, 6.45) is 5.10. The van der Waals surface area contributed by atoms with E-state index in [1.807, 2.05) is 4.57 Å². The Kier molecular flexibility index (Phi) is 4.71. The summed E-state index contributed by atoms with van der Waals surface area (Å²) in [6, 6.07) is 1.63. The van der Waals surface area contributed by atoms with Crippen LogP contribution in [0.2, 0.25) is 0 Å². The Morgan fingerprint density at radius 2 is 1.89 bits per heavy atom. The van der Waals surface area contributed by atoms with Crippen LogP contribution in [0.25, 0.3) is 11.2 Å². The molecule has 3 aromatic heterocycles. The first-order valence-corrected chi connectivity index (χ1v) is 8.85. The molecular formula is C17H22N8O2. The highest BCUT2D eigenvalue weighted by Crippen LogP contribution is 2.23. The van der Waals surface area contributed by atoms with Gasteiger partial charge in [0, 0.05) is 52.9 Å². The van der Waals surface area contributed by atoms with Gasteiger partial charge in [0.2, 0.25) is 0 Å².